The van der Waals surface area contributed by atoms with Gasteiger partial charge < -0.3 is 4.74 Å². The van der Waals surface area contributed by atoms with Gasteiger partial charge in [-0.05, 0) is 0 Å². The zero-order valence-corrected chi connectivity index (χ0v) is 6.47. The van der Waals surface area contributed by atoms with Gasteiger partial charge in [-0.15, -0.1) is 6.58 Å². The van der Waals surface area contributed by atoms with Crippen LogP contribution in [0.2, 0.25) is 0 Å². The molecule has 0 aromatic carbocycles. The second-order valence-corrected chi connectivity index (χ2v) is 2.22. The van der Waals surface area contributed by atoms with Crippen molar-refractivity contribution >= 4 is 5.97 Å². The molecule has 0 aliphatic rings. The van der Waals surface area contributed by atoms with Crippen LogP contribution in [-0.2, 0) is 9.53 Å². The minimum absolute atomic E-state index is 0.0212. The molecule has 62 valence electrons. The summed E-state index contributed by atoms with van der Waals surface area (Å²) < 4.78 is 17.3. The highest BCUT2D eigenvalue weighted by Gasteiger charge is 2.24. The number of alkyl halides is 1. The van der Waals surface area contributed by atoms with Crippen LogP contribution in [0.5, 0.6) is 0 Å². The first-order valence-corrected chi connectivity index (χ1v) is 3.17. The van der Waals surface area contributed by atoms with Crippen LogP contribution in [0.15, 0.2) is 25.3 Å². The van der Waals surface area contributed by atoms with E-state index in [1.54, 1.807) is 0 Å². The summed E-state index contributed by atoms with van der Waals surface area (Å²) in [6.45, 7) is 7.62. The maximum absolute atomic E-state index is 13.0. The fourth-order valence-corrected chi connectivity index (χ4v) is 0.551. The van der Waals surface area contributed by atoms with Gasteiger partial charge in [-0.3, -0.25) is 0 Å². The number of halogens is 1. The number of rotatable bonds is 4. The van der Waals surface area contributed by atoms with Gasteiger partial charge in [-0.2, -0.15) is 4.39 Å². The minimum Gasteiger partial charge on any atom is -0.425 e. The lowest BCUT2D eigenvalue weighted by Gasteiger charge is -2.17. The lowest BCUT2D eigenvalue weighted by Crippen LogP contribution is -2.24. The van der Waals surface area contributed by atoms with Gasteiger partial charge in [0.05, 0.1) is 0 Å². The van der Waals surface area contributed by atoms with Crippen LogP contribution in [0.3, 0.4) is 0 Å². The second-order valence-electron chi connectivity index (χ2n) is 2.22. The first-order valence-electron chi connectivity index (χ1n) is 3.17. The Balaban J connectivity index is 3.99. The number of esters is 1. The van der Waals surface area contributed by atoms with Gasteiger partial charge in [0.25, 0.3) is 5.85 Å². The van der Waals surface area contributed by atoms with E-state index in [-0.39, 0.29) is 6.42 Å². The summed E-state index contributed by atoms with van der Waals surface area (Å²) in [7, 11) is 0. The summed E-state index contributed by atoms with van der Waals surface area (Å²) in [6, 6.07) is 0. The molecular weight excluding hydrogens is 147 g/mol. The van der Waals surface area contributed by atoms with Crippen LogP contribution in [0.1, 0.15) is 13.3 Å². The molecule has 3 heteroatoms. The van der Waals surface area contributed by atoms with E-state index in [1.165, 1.54) is 6.08 Å². The molecule has 0 rings (SSSR count). The fourth-order valence-electron chi connectivity index (χ4n) is 0.551. The van der Waals surface area contributed by atoms with E-state index < -0.39 is 11.8 Å². The topological polar surface area (TPSA) is 26.3 Å². The Labute approximate surface area is 65.4 Å². The maximum Gasteiger partial charge on any atom is 0.332 e. The predicted octanol–water partition coefficient (Wildman–Crippen LogP) is 1.98. The molecule has 0 aromatic heterocycles. The molecule has 0 amide bonds. The zero-order valence-electron chi connectivity index (χ0n) is 6.47. The minimum atomic E-state index is -1.97. The Morgan fingerprint density at radius 3 is 2.64 bits per heavy atom. The Bertz CT molecular complexity index is 173. The molecule has 0 fully saturated rings. The average Bonchev–Trinajstić information content (AvgIpc) is 1.86. The van der Waals surface area contributed by atoms with Crippen molar-refractivity contribution in [2.75, 3.05) is 0 Å². The Kier molecular flexibility index (Phi) is 3.51. The van der Waals surface area contributed by atoms with Crippen LogP contribution in [0.4, 0.5) is 4.39 Å². The monoisotopic (exact) mass is 158 g/mol. The van der Waals surface area contributed by atoms with Crippen molar-refractivity contribution in [2.24, 2.45) is 0 Å². The SMILES string of the molecule is C=CCC(C)(F)OC(=O)C=C. The molecule has 1 unspecified atom stereocenters. The van der Waals surface area contributed by atoms with Crippen molar-refractivity contribution in [3.63, 3.8) is 0 Å². The van der Waals surface area contributed by atoms with Crippen molar-refractivity contribution in [2.45, 2.75) is 19.2 Å². The standard InChI is InChI=1S/C8H11FO2/c1-4-6-8(3,9)11-7(10)5-2/h4-5H,1-2,6H2,3H3. The molecule has 0 N–H and O–H groups in total. The van der Waals surface area contributed by atoms with Gasteiger partial charge in [0.2, 0.25) is 0 Å². The third kappa shape index (κ3) is 4.31. The molecule has 2 nitrogen and oxygen atoms in total. The number of carbonyl (C=O) groups excluding carboxylic acids is 1. The van der Waals surface area contributed by atoms with Crippen molar-refractivity contribution in [3.8, 4) is 0 Å². The highest BCUT2D eigenvalue weighted by atomic mass is 19.2. The highest BCUT2D eigenvalue weighted by molar-refractivity contribution is 5.81. The highest BCUT2D eigenvalue weighted by Crippen LogP contribution is 2.17. The summed E-state index contributed by atoms with van der Waals surface area (Å²) in [4.78, 5) is 10.5. The normalized spacial score (nSPS) is 14.7. The fraction of sp³-hybridized carbons (Fsp3) is 0.375. The molecule has 0 aliphatic carbocycles. The molecule has 0 aromatic rings. The maximum atomic E-state index is 13.0. The quantitative estimate of drug-likeness (QED) is 0.355. The molecule has 11 heavy (non-hydrogen) atoms. The summed E-state index contributed by atoms with van der Waals surface area (Å²) in [5.74, 6) is -2.73. The van der Waals surface area contributed by atoms with Crippen molar-refractivity contribution in [1.82, 2.24) is 0 Å². The average molecular weight is 158 g/mol. The molecule has 0 saturated heterocycles. The van der Waals surface area contributed by atoms with E-state index in [1.807, 2.05) is 0 Å². The molecular formula is C8H11FO2. The van der Waals surface area contributed by atoms with Crippen LogP contribution in [0, 0.1) is 0 Å². The molecule has 0 bridgehead atoms. The van der Waals surface area contributed by atoms with Gasteiger partial charge in [-0.1, -0.05) is 12.7 Å². The van der Waals surface area contributed by atoms with Gasteiger partial charge >= 0.3 is 5.97 Å². The first-order chi connectivity index (χ1) is 5.02. The number of hydrogen-bond donors (Lipinski definition) is 0. The van der Waals surface area contributed by atoms with Gasteiger partial charge in [0, 0.05) is 19.4 Å². The largest absolute Gasteiger partial charge is 0.425 e. The van der Waals surface area contributed by atoms with Gasteiger partial charge in [0.15, 0.2) is 0 Å². The summed E-state index contributed by atoms with van der Waals surface area (Å²) in [5.41, 5.74) is 0. The lowest BCUT2D eigenvalue weighted by atomic mass is 10.2. The van der Waals surface area contributed by atoms with E-state index in [0.29, 0.717) is 0 Å². The molecule has 0 saturated carbocycles. The molecule has 0 spiro atoms. The number of carbonyl (C=O) groups is 1. The second kappa shape index (κ2) is 3.91. The lowest BCUT2D eigenvalue weighted by molar-refractivity contribution is -0.170. The summed E-state index contributed by atoms with van der Waals surface area (Å²) in [6.07, 6.45) is 2.24. The summed E-state index contributed by atoms with van der Waals surface area (Å²) >= 11 is 0. The van der Waals surface area contributed by atoms with E-state index in [2.05, 4.69) is 17.9 Å². The number of ether oxygens (including phenoxy) is 1. The van der Waals surface area contributed by atoms with E-state index in [4.69, 9.17) is 0 Å². The number of hydrogen-bond acceptors (Lipinski definition) is 2. The predicted molar refractivity (Wildman–Crippen MR) is 40.6 cm³/mol. The Hall–Kier alpha value is -1.12. The van der Waals surface area contributed by atoms with Gasteiger partial charge in [-0.25, -0.2) is 4.79 Å². The van der Waals surface area contributed by atoms with Crippen LogP contribution in [0.25, 0.3) is 0 Å². The Morgan fingerprint density at radius 2 is 2.27 bits per heavy atom. The third-order valence-electron chi connectivity index (χ3n) is 0.989. The van der Waals surface area contributed by atoms with Gasteiger partial charge in [0.1, 0.15) is 0 Å². The molecule has 0 heterocycles. The van der Waals surface area contributed by atoms with E-state index in [0.717, 1.165) is 13.0 Å². The zero-order chi connectivity index (χ0) is 8.91. The Morgan fingerprint density at radius 1 is 1.73 bits per heavy atom. The van der Waals surface area contributed by atoms with E-state index >= 15 is 0 Å². The first kappa shape index (κ1) is 9.88. The van der Waals surface area contributed by atoms with E-state index in [9.17, 15) is 9.18 Å². The third-order valence-corrected chi connectivity index (χ3v) is 0.989. The molecule has 1 atom stereocenters. The van der Waals surface area contributed by atoms with Crippen LogP contribution >= 0.6 is 0 Å². The van der Waals surface area contributed by atoms with Crippen molar-refractivity contribution in [1.29, 1.82) is 0 Å². The summed E-state index contributed by atoms with van der Waals surface area (Å²) in [5, 5.41) is 0. The van der Waals surface area contributed by atoms with Crippen molar-refractivity contribution in [3.05, 3.63) is 25.3 Å². The van der Waals surface area contributed by atoms with Crippen molar-refractivity contribution < 1.29 is 13.9 Å². The van der Waals surface area contributed by atoms with Crippen LogP contribution < -0.4 is 0 Å². The molecule has 0 aliphatic heterocycles. The molecule has 0 radical (unpaired) electrons. The smallest absolute Gasteiger partial charge is 0.332 e. The van der Waals surface area contributed by atoms with Crippen LogP contribution in [-0.4, -0.2) is 11.8 Å².